The Kier molecular flexibility index (Phi) is 5.30. The molecule has 3 aliphatic heterocycles. The number of likely N-dealkylation sites (tertiary alicyclic amines) is 1. The fourth-order valence-corrected chi connectivity index (χ4v) is 4.07. The molecule has 3 aliphatic rings. The first-order valence-electron chi connectivity index (χ1n) is 10.6. The summed E-state index contributed by atoms with van der Waals surface area (Å²) in [6.07, 6.45) is 3.08. The number of fused-ring (bicyclic) bond motifs is 2. The van der Waals surface area contributed by atoms with Crippen LogP contribution in [-0.2, 0) is 9.59 Å². The second-order valence-electron chi connectivity index (χ2n) is 7.91. The van der Waals surface area contributed by atoms with E-state index in [1.165, 1.54) is 4.90 Å². The molecule has 3 amide bonds. The Balaban J connectivity index is 1.34. The molecule has 0 bridgehead atoms. The zero-order chi connectivity index (χ0) is 22.1. The molecule has 2 aromatic carbocycles. The lowest BCUT2D eigenvalue weighted by molar-refractivity contribution is -0.132. The predicted octanol–water partition coefficient (Wildman–Crippen LogP) is 2.41. The van der Waals surface area contributed by atoms with Gasteiger partial charge in [-0.25, -0.2) is 0 Å². The second-order valence-corrected chi connectivity index (χ2v) is 7.91. The summed E-state index contributed by atoms with van der Waals surface area (Å²) < 4.78 is 16.1. The van der Waals surface area contributed by atoms with Crippen molar-refractivity contribution in [2.24, 2.45) is 0 Å². The van der Waals surface area contributed by atoms with Gasteiger partial charge in [-0.15, -0.1) is 0 Å². The van der Waals surface area contributed by atoms with Crippen molar-refractivity contribution < 1.29 is 28.6 Å². The number of hydrogen-bond acceptors (Lipinski definition) is 6. The van der Waals surface area contributed by atoms with Gasteiger partial charge in [0.15, 0.2) is 18.1 Å². The van der Waals surface area contributed by atoms with E-state index in [0.29, 0.717) is 34.2 Å². The third kappa shape index (κ3) is 3.93. The summed E-state index contributed by atoms with van der Waals surface area (Å²) in [7, 11) is 0. The molecule has 0 aromatic heterocycles. The Morgan fingerprint density at radius 3 is 2.53 bits per heavy atom. The molecule has 3 heterocycles. The Morgan fingerprint density at radius 2 is 1.69 bits per heavy atom. The second kappa shape index (κ2) is 8.41. The van der Waals surface area contributed by atoms with Gasteiger partial charge in [0, 0.05) is 24.3 Å². The minimum atomic E-state index is -0.331. The maximum atomic E-state index is 12.8. The fourth-order valence-electron chi connectivity index (χ4n) is 4.07. The molecule has 2 aromatic rings. The first kappa shape index (κ1) is 20.2. The number of anilines is 2. The molecule has 0 aliphatic carbocycles. The average Bonchev–Trinajstić information content (AvgIpc) is 3.29. The Morgan fingerprint density at radius 1 is 0.906 bits per heavy atom. The van der Waals surface area contributed by atoms with Crippen LogP contribution in [0.3, 0.4) is 0 Å². The maximum Gasteiger partial charge on any atom is 0.265 e. The normalized spacial score (nSPS) is 16.9. The van der Waals surface area contributed by atoms with Crippen LogP contribution in [0.2, 0.25) is 0 Å². The van der Waals surface area contributed by atoms with Crippen molar-refractivity contribution in [3.05, 3.63) is 42.0 Å². The van der Waals surface area contributed by atoms with E-state index in [2.05, 4.69) is 5.32 Å². The predicted molar refractivity (Wildman–Crippen MR) is 115 cm³/mol. The fraction of sp³-hybridized carbons (Fsp3) is 0.348. The zero-order valence-electron chi connectivity index (χ0n) is 17.5. The van der Waals surface area contributed by atoms with Crippen LogP contribution >= 0.6 is 0 Å². The minimum Gasteiger partial charge on any atom is -0.482 e. The van der Waals surface area contributed by atoms with Crippen molar-refractivity contribution >= 4 is 29.1 Å². The van der Waals surface area contributed by atoms with Crippen molar-refractivity contribution in [3.63, 3.8) is 0 Å². The molecule has 32 heavy (non-hydrogen) atoms. The molecule has 9 heteroatoms. The molecule has 5 rings (SSSR count). The maximum absolute atomic E-state index is 12.8. The number of nitrogens with zero attached hydrogens (tertiary/aromatic N) is 2. The summed E-state index contributed by atoms with van der Waals surface area (Å²) in [6.45, 7) is 1.40. The largest absolute Gasteiger partial charge is 0.482 e. The molecule has 0 unspecified atom stereocenters. The topological polar surface area (TPSA) is 97.4 Å². The van der Waals surface area contributed by atoms with E-state index in [0.717, 1.165) is 32.4 Å². The van der Waals surface area contributed by atoms with Gasteiger partial charge in [-0.2, -0.15) is 0 Å². The van der Waals surface area contributed by atoms with E-state index in [1.807, 2.05) is 0 Å². The molecule has 1 fully saturated rings. The van der Waals surface area contributed by atoms with Crippen LogP contribution in [-0.4, -0.2) is 55.7 Å². The van der Waals surface area contributed by atoms with Gasteiger partial charge in [-0.05, 0) is 55.7 Å². The molecule has 0 radical (unpaired) electrons. The van der Waals surface area contributed by atoms with Crippen molar-refractivity contribution in [1.29, 1.82) is 0 Å². The number of ether oxygens (including phenoxy) is 3. The number of amides is 3. The van der Waals surface area contributed by atoms with Gasteiger partial charge < -0.3 is 24.4 Å². The van der Waals surface area contributed by atoms with Crippen molar-refractivity contribution in [1.82, 2.24) is 4.90 Å². The molecular formula is C23H23N3O6. The van der Waals surface area contributed by atoms with Gasteiger partial charge >= 0.3 is 0 Å². The van der Waals surface area contributed by atoms with Crippen LogP contribution in [0.15, 0.2) is 36.4 Å². The minimum absolute atomic E-state index is 0.0469. The highest BCUT2D eigenvalue weighted by Gasteiger charge is 2.30. The average molecular weight is 437 g/mol. The standard InChI is InChI=1S/C23H23N3O6/c27-21(25-8-2-1-3-9-25)12-26-17-11-16(5-7-18(17)30-13-22(26)28)24-23(29)15-4-6-19-20(10-15)32-14-31-19/h4-7,10-11H,1-3,8-9,12-14H2,(H,24,29). The number of piperidine rings is 1. The quantitative estimate of drug-likeness (QED) is 0.789. The number of carbonyl (C=O) groups excluding carboxylic acids is 3. The lowest BCUT2D eigenvalue weighted by atomic mass is 10.1. The van der Waals surface area contributed by atoms with E-state index in [9.17, 15) is 14.4 Å². The first-order chi connectivity index (χ1) is 15.6. The van der Waals surface area contributed by atoms with Crippen LogP contribution in [0, 0.1) is 0 Å². The van der Waals surface area contributed by atoms with E-state index in [-0.39, 0.29) is 37.7 Å². The summed E-state index contributed by atoms with van der Waals surface area (Å²) in [6, 6.07) is 9.99. The van der Waals surface area contributed by atoms with Crippen LogP contribution < -0.4 is 24.4 Å². The van der Waals surface area contributed by atoms with Crippen LogP contribution in [0.5, 0.6) is 17.2 Å². The van der Waals surface area contributed by atoms with Gasteiger partial charge in [-0.3, -0.25) is 19.3 Å². The molecule has 166 valence electrons. The Labute approximate surface area is 184 Å². The summed E-state index contributed by atoms with van der Waals surface area (Å²) in [4.78, 5) is 41.3. The zero-order valence-corrected chi connectivity index (χ0v) is 17.5. The van der Waals surface area contributed by atoms with Crippen LogP contribution in [0.4, 0.5) is 11.4 Å². The van der Waals surface area contributed by atoms with Gasteiger partial charge in [0.1, 0.15) is 12.3 Å². The molecule has 0 spiro atoms. The SMILES string of the molecule is O=C(Nc1ccc2c(c1)N(CC(=O)N1CCCCC1)C(=O)CO2)c1ccc2c(c1)OCO2. The highest BCUT2D eigenvalue weighted by atomic mass is 16.7. The van der Waals surface area contributed by atoms with Gasteiger partial charge in [0.25, 0.3) is 11.8 Å². The van der Waals surface area contributed by atoms with Crippen molar-refractivity contribution in [2.45, 2.75) is 19.3 Å². The van der Waals surface area contributed by atoms with Crippen molar-refractivity contribution in [3.8, 4) is 17.2 Å². The summed E-state index contributed by atoms with van der Waals surface area (Å²) in [5, 5.41) is 2.83. The van der Waals surface area contributed by atoms with E-state index in [1.54, 1.807) is 41.3 Å². The summed E-state index contributed by atoms with van der Waals surface area (Å²) >= 11 is 0. The Bertz CT molecular complexity index is 1080. The van der Waals surface area contributed by atoms with E-state index in [4.69, 9.17) is 14.2 Å². The first-order valence-corrected chi connectivity index (χ1v) is 10.6. The van der Waals surface area contributed by atoms with Gasteiger partial charge in [0.05, 0.1) is 5.69 Å². The molecule has 1 saturated heterocycles. The third-order valence-corrected chi connectivity index (χ3v) is 5.80. The Hall–Kier alpha value is -3.75. The summed E-state index contributed by atoms with van der Waals surface area (Å²) in [5.41, 5.74) is 1.37. The van der Waals surface area contributed by atoms with E-state index >= 15 is 0 Å². The lowest BCUT2D eigenvalue weighted by Crippen LogP contribution is -2.47. The molecule has 9 nitrogen and oxygen atoms in total. The van der Waals surface area contributed by atoms with Crippen LogP contribution in [0.25, 0.3) is 0 Å². The highest BCUT2D eigenvalue weighted by Crippen LogP contribution is 2.36. The number of hydrogen-bond donors (Lipinski definition) is 1. The number of nitrogens with one attached hydrogen (secondary N) is 1. The monoisotopic (exact) mass is 437 g/mol. The summed E-state index contributed by atoms with van der Waals surface area (Å²) in [5.74, 6) is 0.909. The van der Waals surface area contributed by atoms with Gasteiger partial charge in [0.2, 0.25) is 12.7 Å². The molecule has 0 saturated carbocycles. The smallest absolute Gasteiger partial charge is 0.265 e. The van der Waals surface area contributed by atoms with Crippen molar-refractivity contribution in [2.75, 3.05) is 43.3 Å². The molecule has 0 atom stereocenters. The third-order valence-electron chi connectivity index (χ3n) is 5.80. The van der Waals surface area contributed by atoms with E-state index < -0.39 is 0 Å². The highest BCUT2D eigenvalue weighted by molar-refractivity contribution is 6.06. The molecule has 1 N–H and O–H groups in total. The van der Waals surface area contributed by atoms with Crippen LogP contribution in [0.1, 0.15) is 29.6 Å². The molecular weight excluding hydrogens is 414 g/mol. The number of benzene rings is 2. The van der Waals surface area contributed by atoms with Gasteiger partial charge in [-0.1, -0.05) is 0 Å². The number of carbonyl (C=O) groups is 3. The number of rotatable bonds is 4. The lowest BCUT2D eigenvalue weighted by Gasteiger charge is -2.33.